The maximum atomic E-state index is 6.25. The van der Waals surface area contributed by atoms with Crippen LogP contribution >= 0.6 is 0 Å². The molecule has 1 aliphatic heterocycles. The molecule has 5 nitrogen and oxygen atoms in total. The molecule has 4 rings (SSSR count). The number of para-hydroxylation sites is 1. The first-order valence-corrected chi connectivity index (χ1v) is 9.38. The molecule has 2 aromatic carbocycles. The Balaban J connectivity index is 1.66. The third-order valence-corrected chi connectivity index (χ3v) is 5.35. The summed E-state index contributed by atoms with van der Waals surface area (Å²) in [6.45, 7) is 4.30. The molecular formula is C22H26N4O. The monoisotopic (exact) mass is 362 g/mol. The van der Waals surface area contributed by atoms with E-state index < -0.39 is 0 Å². The normalized spacial score (nSPS) is 15.3. The van der Waals surface area contributed by atoms with E-state index in [-0.39, 0.29) is 0 Å². The molecule has 27 heavy (non-hydrogen) atoms. The number of aromatic nitrogens is 1. The number of nitrogens with two attached hydrogens (primary N) is 1. The number of anilines is 2. The molecule has 1 aromatic heterocycles. The van der Waals surface area contributed by atoms with Crippen LogP contribution in [0.1, 0.15) is 11.1 Å². The van der Waals surface area contributed by atoms with E-state index in [1.807, 2.05) is 18.2 Å². The molecule has 0 unspecified atom stereocenters. The van der Waals surface area contributed by atoms with Crippen LogP contribution in [-0.4, -0.2) is 50.2 Å². The number of benzene rings is 2. The lowest BCUT2D eigenvalue weighted by Crippen LogP contribution is -2.44. The van der Waals surface area contributed by atoms with Gasteiger partial charge in [0.25, 0.3) is 0 Å². The topological polar surface area (TPSA) is 54.6 Å². The number of nitrogens with zero attached hydrogens (tertiary/aromatic N) is 3. The van der Waals surface area contributed by atoms with Gasteiger partial charge in [-0.3, -0.25) is 0 Å². The van der Waals surface area contributed by atoms with Crippen LogP contribution in [0.5, 0.6) is 5.75 Å². The third-order valence-electron chi connectivity index (χ3n) is 5.35. The van der Waals surface area contributed by atoms with Crippen molar-refractivity contribution >= 4 is 22.4 Å². The van der Waals surface area contributed by atoms with E-state index in [0.29, 0.717) is 12.2 Å². The Morgan fingerprint density at radius 2 is 1.78 bits per heavy atom. The van der Waals surface area contributed by atoms with Gasteiger partial charge in [0.1, 0.15) is 11.6 Å². The predicted octanol–water partition coefficient (Wildman–Crippen LogP) is 3.17. The van der Waals surface area contributed by atoms with Crippen molar-refractivity contribution in [3.63, 3.8) is 0 Å². The summed E-state index contributed by atoms with van der Waals surface area (Å²) in [6.07, 6.45) is 0.706. The molecule has 0 amide bonds. The zero-order valence-corrected chi connectivity index (χ0v) is 16.0. The fourth-order valence-corrected chi connectivity index (χ4v) is 3.68. The minimum Gasteiger partial charge on any atom is -0.496 e. The molecule has 0 atom stereocenters. The molecule has 2 N–H and O–H groups in total. The highest BCUT2D eigenvalue weighted by atomic mass is 16.5. The van der Waals surface area contributed by atoms with Crippen LogP contribution in [0.2, 0.25) is 0 Å². The first kappa shape index (κ1) is 17.6. The quantitative estimate of drug-likeness (QED) is 0.773. The van der Waals surface area contributed by atoms with Crippen molar-refractivity contribution in [1.29, 1.82) is 0 Å². The van der Waals surface area contributed by atoms with Crippen LogP contribution in [0.3, 0.4) is 0 Å². The van der Waals surface area contributed by atoms with Gasteiger partial charge in [0, 0.05) is 43.7 Å². The van der Waals surface area contributed by atoms with E-state index in [4.69, 9.17) is 10.5 Å². The van der Waals surface area contributed by atoms with Crippen molar-refractivity contribution in [2.45, 2.75) is 6.42 Å². The highest BCUT2D eigenvalue weighted by molar-refractivity contribution is 5.85. The van der Waals surface area contributed by atoms with Gasteiger partial charge in [-0.15, -0.1) is 0 Å². The molecule has 0 bridgehead atoms. The zero-order valence-electron chi connectivity index (χ0n) is 16.0. The first-order valence-electron chi connectivity index (χ1n) is 9.38. The van der Waals surface area contributed by atoms with Gasteiger partial charge in [-0.1, -0.05) is 18.2 Å². The van der Waals surface area contributed by atoms with E-state index in [9.17, 15) is 0 Å². The van der Waals surface area contributed by atoms with Crippen LogP contribution in [0.15, 0.2) is 48.5 Å². The average molecular weight is 362 g/mol. The van der Waals surface area contributed by atoms with Crippen molar-refractivity contribution < 1.29 is 4.74 Å². The minimum atomic E-state index is 0.584. The molecule has 2 heterocycles. The summed E-state index contributed by atoms with van der Waals surface area (Å²) < 4.78 is 5.48. The second-order valence-corrected chi connectivity index (χ2v) is 7.19. The number of nitrogen functional groups attached to an aromatic ring is 1. The summed E-state index contributed by atoms with van der Waals surface area (Å²) in [5.74, 6) is 1.46. The van der Waals surface area contributed by atoms with Gasteiger partial charge in [0.15, 0.2) is 0 Å². The van der Waals surface area contributed by atoms with E-state index in [2.05, 4.69) is 52.2 Å². The molecule has 140 valence electrons. The van der Waals surface area contributed by atoms with Crippen LogP contribution in [0.25, 0.3) is 10.9 Å². The molecule has 0 saturated carbocycles. The number of hydrogen-bond donors (Lipinski definition) is 1. The number of methoxy groups -OCH3 is 1. The van der Waals surface area contributed by atoms with Gasteiger partial charge >= 0.3 is 0 Å². The summed E-state index contributed by atoms with van der Waals surface area (Å²) in [7, 11) is 3.87. The third kappa shape index (κ3) is 3.69. The lowest BCUT2D eigenvalue weighted by Gasteiger charge is -2.34. The summed E-state index contributed by atoms with van der Waals surface area (Å²) in [6, 6.07) is 16.7. The lowest BCUT2D eigenvalue weighted by atomic mass is 10.0. The van der Waals surface area contributed by atoms with E-state index in [1.54, 1.807) is 7.11 Å². The Morgan fingerprint density at radius 3 is 2.56 bits per heavy atom. The van der Waals surface area contributed by atoms with Crippen LogP contribution < -0.4 is 15.4 Å². The number of pyridine rings is 1. The number of likely N-dealkylation sites (N-methyl/N-ethyl adjacent to an activating group) is 1. The van der Waals surface area contributed by atoms with Gasteiger partial charge in [-0.2, -0.15) is 0 Å². The Labute approximate surface area is 160 Å². The summed E-state index contributed by atoms with van der Waals surface area (Å²) in [4.78, 5) is 9.44. The number of ether oxygens (including phenoxy) is 1. The second kappa shape index (κ2) is 7.45. The Hall–Kier alpha value is -2.79. The van der Waals surface area contributed by atoms with Gasteiger partial charge in [-0.05, 0) is 48.5 Å². The summed E-state index contributed by atoms with van der Waals surface area (Å²) in [5.41, 5.74) is 10.6. The highest BCUT2D eigenvalue weighted by Crippen LogP contribution is 2.28. The fourth-order valence-electron chi connectivity index (χ4n) is 3.68. The lowest BCUT2D eigenvalue weighted by molar-refractivity contribution is 0.313. The molecule has 1 fully saturated rings. The van der Waals surface area contributed by atoms with Crippen molar-refractivity contribution in [1.82, 2.24) is 9.88 Å². The molecular weight excluding hydrogens is 336 g/mol. The minimum absolute atomic E-state index is 0.584. The van der Waals surface area contributed by atoms with Gasteiger partial charge in [-0.25, -0.2) is 4.98 Å². The number of rotatable bonds is 4. The molecule has 5 heteroatoms. The molecule has 1 aliphatic rings. The van der Waals surface area contributed by atoms with Crippen molar-refractivity contribution in [3.8, 4) is 5.75 Å². The molecule has 3 aromatic rings. The van der Waals surface area contributed by atoms with E-state index in [1.165, 1.54) is 5.69 Å². The fraction of sp³-hybridized carbons (Fsp3) is 0.318. The van der Waals surface area contributed by atoms with Gasteiger partial charge in [0.05, 0.1) is 12.6 Å². The molecule has 0 radical (unpaired) electrons. The van der Waals surface area contributed by atoms with Gasteiger partial charge < -0.3 is 20.3 Å². The summed E-state index contributed by atoms with van der Waals surface area (Å²) in [5, 5.41) is 1.13. The molecule has 0 spiro atoms. The molecule has 1 saturated heterocycles. The van der Waals surface area contributed by atoms with Crippen LogP contribution in [0.4, 0.5) is 11.5 Å². The van der Waals surface area contributed by atoms with Gasteiger partial charge in [0.2, 0.25) is 0 Å². The Bertz CT molecular complexity index is 948. The predicted molar refractivity (Wildman–Crippen MR) is 112 cm³/mol. The van der Waals surface area contributed by atoms with E-state index in [0.717, 1.165) is 54.0 Å². The number of hydrogen-bond acceptors (Lipinski definition) is 5. The number of piperazine rings is 1. The Kier molecular flexibility index (Phi) is 4.86. The van der Waals surface area contributed by atoms with E-state index >= 15 is 0 Å². The zero-order chi connectivity index (χ0) is 18.8. The average Bonchev–Trinajstić information content (AvgIpc) is 2.69. The SMILES string of the molecule is COc1ccccc1Cc1cc2cc(N3CCN(C)CC3)ccc2nc1N. The maximum Gasteiger partial charge on any atom is 0.127 e. The maximum absolute atomic E-state index is 6.25. The van der Waals surface area contributed by atoms with Crippen molar-refractivity contribution in [3.05, 3.63) is 59.7 Å². The second-order valence-electron chi connectivity index (χ2n) is 7.19. The number of fused-ring (bicyclic) bond motifs is 1. The van der Waals surface area contributed by atoms with Crippen molar-refractivity contribution in [2.75, 3.05) is 51.0 Å². The largest absolute Gasteiger partial charge is 0.496 e. The Morgan fingerprint density at radius 1 is 1.00 bits per heavy atom. The highest BCUT2D eigenvalue weighted by Gasteiger charge is 2.15. The first-order chi connectivity index (χ1) is 13.1. The van der Waals surface area contributed by atoms with Crippen LogP contribution in [-0.2, 0) is 6.42 Å². The standard InChI is InChI=1S/C22H26N4O/c1-25-9-11-26(12-10-25)19-7-8-20-17(15-19)14-18(22(23)24-20)13-16-5-3-4-6-21(16)27-2/h3-8,14-15H,9-13H2,1-2H3,(H2,23,24). The van der Waals surface area contributed by atoms with Crippen LogP contribution in [0, 0.1) is 0 Å². The summed E-state index contributed by atoms with van der Waals surface area (Å²) >= 11 is 0. The smallest absolute Gasteiger partial charge is 0.127 e. The van der Waals surface area contributed by atoms with Crippen molar-refractivity contribution in [2.24, 2.45) is 0 Å². The molecule has 0 aliphatic carbocycles.